The fraction of sp³-hybridized carbons (Fsp3) is 0.647. The smallest absolute Gasteiger partial charge is 0.125 e. The molecule has 1 saturated carbocycles. The number of halogens is 2. The van der Waals surface area contributed by atoms with Crippen LogP contribution in [0, 0.1) is 17.7 Å². The van der Waals surface area contributed by atoms with E-state index >= 15 is 0 Å². The predicted molar refractivity (Wildman–Crippen MR) is 84.8 cm³/mol. The number of nitrogens with zero attached hydrogens (tertiary/aromatic N) is 1. The van der Waals surface area contributed by atoms with Crippen molar-refractivity contribution in [3.63, 3.8) is 0 Å². The molecule has 3 unspecified atom stereocenters. The van der Waals surface area contributed by atoms with Crippen molar-refractivity contribution in [1.29, 1.82) is 0 Å². The molecular formula is C17H24ClFN2. The van der Waals surface area contributed by atoms with Crippen LogP contribution in [0.25, 0.3) is 0 Å². The summed E-state index contributed by atoms with van der Waals surface area (Å²) in [5.41, 5.74) is 6.91. The summed E-state index contributed by atoms with van der Waals surface area (Å²) < 4.78 is 13.6. The number of likely N-dealkylation sites (tertiary alicyclic amines) is 1. The van der Waals surface area contributed by atoms with Gasteiger partial charge in [-0.3, -0.25) is 4.90 Å². The van der Waals surface area contributed by atoms with Crippen LogP contribution in [0.5, 0.6) is 0 Å². The Morgan fingerprint density at radius 2 is 1.95 bits per heavy atom. The van der Waals surface area contributed by atoms with E-state index in [0.717, 1.165) is 30.5 Å². The second kappa shape index (κ2) is 6.64. The Kier molecular flexibility index (Phi) is 4.82. The second-order valence-corrected chi connectivity index (χ2v) is 6.98. The summed E-state index contributed by atoms with van der Waals surface area (Å²) in [7, 11) is 0. The van der Waals surface area contributed by atoms with Crippen molar-refractivity contribution >= 4 is 11.6 Å². The van der Waals surface area contributed by atoms with Gasteiger partial charge in [-0.15, -0.1) is 0 Å². The fourth-order valence-electron chi connectivity index (χ4n) is 4.18. The van der Waals surface area contributed by atoms with Crippen molar-refractivity contribution in [3.8, 4) is 0 Å². The van der Waals surface area contributed by atoms with Gasteiger partial charge in [-0.2, -0.15) is 0 Å². The molecule has 21 heavy (non-hydrogen) atoms. The number of nitrogens with two attached hydrogens (primary N) is 1. The number of benzene rings is 1. The highest BCUT2D eigenvalue weighted by Crippen LogP contribution is 2.38. The third-order valence-electron chi connectivity index (χ3n) is 5.26. The van der Waals surface area contributed by atoms with Crippen LogP contribution in [0.2, 0.25) is 5.02 Å². The lowest BCUT2D eigenvalue weighted by molar-refractivity contribution is 0.0585. The third-order valence-corrected chi connectivity index (χ3v) is 5.47. The Labute approximate surface area is 131 Å². The van der Waals surface area contributed by atoms with Crippen LogP contribution in [0.1, 0.15) is 43.7 Å². The van der Waals surface area contributed by atoms with E-state index in [1.165, 1.54) is 38.2 Å². The molecule has 1 saturated heterocycles. The lowest BCUT2D eigenvalue weighted by Gasteiger charge is -2.44. The van der Waals surface area contributed by atoms with Gasteiger partial charge >= 0.3 is 0 Å². The molecule has 116 valence electrons. The summed E-state index contributed by atoms with van der Waals surface area (Å²) in [6, 6.07) is 4.87. The number of hydrogen-bond acceptors (Lipinski definition) is 2. The molecule has 1 heterocycles. The molecule has 1 aliphatic carbocycles. The van der Waals surface area contributed by atoms with Crippen LogP contribution in [0.15, 0.2) is 18.2 Å². The molecule has 0 aromatic heterocycles. The lowest BCUT2D eigenvalue weighted by Crippen LogP contribution is -2.45. The Balaban J connectivity index is 1.76. The zero-order chi connectivity index (χ0) is 14.8. The SMILES string of the molecule is NCC(c1cc(F)cc(Cl)c1)N1CCC2CCCCC2C1. The molecule has 1 aromatic carbocycles. The molecule has 4 heteroatoms. The van der Waals surface area contributed by atoms with Crippen molar-refractivity contribution in [2.75, 3.05) is 19.6 Å². The fourth-order valence-corrected chi connectivity index (χ4v) is 4.41. The Morgan fingerprint density at radius 3 is 2.67 bits per heavy atom. The van der Waals surface area contributed by atoms with Crippen LogP contribution in [0.4, 0.5) is 4.39 Å². The first kappa shape index (κ1) is 15.3. The third kappa shape index (κ3) is 3.41. The maximum absolute atomic E-state index is 13.6. The second-order valence-electron chi connectivity index (χ2n) is 6.54. The molecular weight excluding hydrogens is 287 g/mol. The van der Waals surface area contributed by atoms with Crippen molar-refractivity contribution in [1.82, 2.24) is 4.90 Å². The normalized spacial score (nSPS) is 28.1. The summed E-state index contributed by atoms with van der Waals surface area (Å²) in [5.74, 6) is 1.42. The first-order valence-electron chi connectivity index (χ1n) is 8.07. The van der Waals surface area contributed by atoms with Crippen LogP contribution >= 0.6 is 11.6 Å². The first-order chi connectivity index (χ1) is 10.2. The van der Waals surface area contributed by atoms with E-state index in [1.807, 2.05) is 6.07 Å². The Morgan fingerprint density at radius 1 is 1.19 bits per heavy atom. The molecule has 3 rings (SSSR count). The summed E-state index contributed by atoms with van der Waals surface area (Å²) in [4.78, 5) is 2.44. The van der Waals surface area contributed by atoms with Gasteiger partial charge in [-0.25, -0.2) is 4.39 Å². The average Bonchev–Trinajstić information content (AvgIpc) is 2.47. The number of hydrogen-bond donors (Lipinski definition) is 1. The monoisotopic (exact) mass is 310 g/mol. The van der Waals surface area contributed by atoms with Crippen molar-refractivity contribution in [3.05, 3.63) is 34.6 Å². The van der Waals surface area contributed by atoms with Gasteiger partial charge in [0.15, 0.2) is 0 Å². The predicted octanol–water partition coefficient (Wildman–Crippen LogP) is 3.99. The molecule has 0 spiro atoms. The highest BCUT2D eigenvalue weighted by molar-refractivity contribution is 6.30. The van der Waals surface area contributed by atoms with Crippen molar-refractivity contribution in [2.24, 2.45) is 17.6 Å². The minimum absolute atomic E-state index is 0.0843. The van der Waals surface area contributed by atoms with E-state index in [1.54, 1.807) is 6.07 Å². The average molecular weight is 311 g/mol. The maximum atomic E-state index is 13.6. The van der Waals surface area contributed by atoms with Crippen LogP contribution in [-0.4, -0.2) is 24.5 Å². The van der Waals surface area contributed by atoms with Gasteiger partial charge in [0.2, 0.25) is 0 Å². The van der Waals surface area contributed by atoms with Crippen LogP contribution in [0.3, 0.4) is 0 Å². The quantitative estimate of drug-likeness (QED) is 0.914. The lowest BCUT2D eigenvalue weighted by atomic mass is 9.74. The van der Waals surface area contributed by atoms with Gasteiger partial charge < -0.3 is 5.73 Å². The van der Waals surface area contributed by atoms with Gasteiger partial charge in [0.25, 0.3) is 0 Å². The Hall–Kier alpha value is -0.640. The molecule has 1 aromatic rings. The van der Waals surface area contributed by atoms with E-state index in [2.05, 4.69) is 4.90 Å². The molecule has 0 bridgehead atoms. The summed E-state index contributed by atoms with van der Waals surface area (Å²) in [6.45, 7) is 2.68. The van der Waals surface area contributed by atoms with E-state index in [-0.39, 0.29) is 11.9 Å². The highest BCUT2D eigenvalue weighted by atomic mass is 35.5. The molecule has 2 aliphatic rings. The summed E-state index contributed by atoms with van der Waals surface area (Å²) in [5, 5.41) is 0.455. The van der Waals surface area contributed by atoms with Crippen LogP contribution in [-0.2, 0) is 0 Å². The number of piperidine rings is 1. The standard InChI is InChI=1S/C17H24ClFN2/c18-15-7-14(8-16(19)9-15)17(10-20)21-6-5-12-3-1-2-4-13(12)11-21/h7-9,12-13,17H,1-6,10-11,20H2. The van der Waals surface area contributed by atoms with E-state index in [0.29, 0.717) is 11.6 Å². The Bertz CT molecular complexity index is 473. The summed E-state index contributed by atoms with van der Waals surface area (Å²) >= 11 is 6.00. The molecule has 0 amide bonds. The van der Waals surface area contributed by atoms with Gasteiger partial charge in [0.05, 0.1) is 0 Å². The molecule has 2 N–H and O–H groups in total. The minimum atomic E-state index is -0.275. The summed E-state index contributed by atoms with van der Waals surface area (Å²) in [6.07, 6.45) is 6.72. The molecule has 1 aliphatic heterocycles. The molecule has 0 radical (unpaired) electrons. The van der Waals surface area contributed by atoms with Gasteiger partial charge in [-0.1, -0.05) is 30.9 Å². The molecule has 3 atom stereocenters. The zero-order valence-electron chi connectivity index (χ0n) is 12.4. The topological polar surface area (TPSA) is 29.3 Å². The molecule has 2 fully saturated rings. The van der Waals surface area contributed by atoms with Gasteiger partial charge in [0.1, 0.15) is 5.82 Å². The zero-order valence-corrected chi connectivity index (χ0v) is 13.2. The molecule has 2 nitrogen and oxygen atoms in total. The van der Waals surface area contributed by atoms with E-state index in [9.17, 15) is 4.39 Å². The number of rotatable bonds is 3. The maximum Gasteiger partial charge on any atom is 0.125 e. The van der Waals surface area contributed by atoms with Gasteiger partial charge in [0, 0.05) is 24.2 Å². The first-order valence-corrected chi connectivity index (χ1v) is 8.45. The van der Waals surface area contributed by atoms with Crippen LogP contribution < -0.4 is 5.73 Å². The van der Waals surface area contributed by atoms with E-state index in [4.69, 9.17) is 17.3 Å². The van der Waals surface area contributed by atoms with Crippen molar-refractivity contribution < 1.29 is 4.39 Å². The van der Waals surface area contributed by atoms with Gasteiger partial charge in [-0.05, 0) is 55.0 Å². The van der Waals surface area contributed by atoms with Crippen molar-refractivity contribution in [2.45, 2.75) is 38.1 Å². The highest BCUT2D eigenvalue weighted by Gasteiger charge is 2.33. The number of fused-ring (bicyclic) bond motifs is 1. The largest absolute Gasteiger partial charge is 0.329 e. The van der Waals surface area contributed by atoms with E-state index < -0.39 is 0 Å². The minimum Gasteiger partial charge on any atom is -0.329 e.